The molecule has 1 saturated heterocycles. The number of nitrogens with zero attached hydrogens (tertiary/aromatic N) is 5. The van der Waals surface area contributed by atoms with Crippen molar-refractivity contribution in [1.82, 2.24) is 24.8 Å². The number of halogens is 1. The fraction of sp³-hybridized carbons (Fsp3) is 0.550. The largest absolute Gasteiger partial charge is 0.386 e. The highest BCUT2D eigenvalue weighted by Gasteiger charge is 2.29. The predicted octanol–water partition coefficient (Wildman–Crippen LogP) is 1.85. The Labute approximate surface area is 163 Å². The van der Waals surface area contributed by atoms with Crippen molar-refractivity contribution in [3.8, 4) is 0 Å². The number of hydrogen-bond donors (Lipinski definition) is 1. The van der Waals surface area contributed by atoms with Crippen molar-refractivity contribution in [1.29, 1.82) is 0 Å². The van der Waals surface area contributed by atoms with Crippen LogP contribution in [0.2, 0.25) is 0 Å². The molecule has 1 aliphatic heterocycles. The molecule has 1 atom stereocenters. The molecule has 2 aromatic rings. The zero-order valence-electron chi connectivity index (χ0n) is 15.9. The first-order valence-corrected chi connectivity index (χ1v) is 9.98. The molecule has 1 N–H and O–H groups in total. The van der Waals surface area contributed by atoms with Crippen LogP contribution < -0.4 is 0 Å². The Bertz CT molecular complexity index is 812. The van der Waals surface area contributed by atoms with Crippen molar-refractivity contribution in [2.45, 2.75) is 44.4 Å². The Morgan fingerprint density at radius 2 is 1.89 bits per heavy atom. The molecule has 0 radical (unpaired) electrons. The third-order valence-electron chi connectivity index (χ3n) is 5.82. The van der Waals surface area contributed by atoms with E-state index in [9.17, 15) is 14.3 Å². The molecule has 1 aliphatic carbocycles. The quantitative estimate of drug-likeness (QED) is 0.848. The molecule has 2 fully saturated rings. The molecular weight excluding hydrogens is 361 g/mol. The molecule has 0 bridgehead atoms. The van der Waals surface area contributed by atoms with Crippen LogP contribution in [0.5, 0.6) is 0 Å². The molecular formula is C20H26FN5O2. The van der Waals surface area contributed by atoms with Crippen molar-refractivity contribution in [2.75, 3.05) is 26.2 Å². The first-order valence-electron chi connectivity index (χ1n) is 9.98. The molecule has 1 aromatic carbocycles. The zero-order chi connectivity index (χ0) is 19.5. The molecule has 0 spiro atoms. The lowest BCUT2D eigenvalue weighted by Crippen LogP contribution is -2.51. The van der Waals surface area contributed by atoms with E-state index >= 15 is 0 Å². The maximum atomic E-state index is 13.8. The average Bonchev–Trinajstić information content (AvgIpc) is 3.40. The molecule has 1 aromatic heterocycles. The highest BCUT2D eigenvalue weighted by atomic mass is 19.1. The molecule has 2 aliphatic rings. The number of hydrogen-bond acceptors (Lipinski definition) is 5. The summed E-state index contributed by atoms with van der Waals surface area (Å²) in [4.78, 5) is 17.0. The SMILES string of the molecule is O=C(c1cn(C[C@H](O)c2ccccc2F)nn1)N1CCN(C2CCCC2)CC1. The van der Waals surface area contributed by atoms with Gasteiger partial charge in [-0.1, -0.05) is 36.3 Å². The van der Waals surface area contributed by atoms with Crippen molar-refractivity contribution in [3.05, 3.63) is 47.5 Å². The van der Waals surface area contributed by atoms with Crippen LogP contribution in [0.25, 0.3) is 0 Å². The lowest BCUT2D eigenvalue weighted by Gasteiger charge is -2.37. The summed E-state index contributed by atoms with van der Waals surface area (Å²) in [5.74, 6) is -0.607. The van der Waals surface area contributed by atoms with E-state index in [1.165, 1.54) is 48.7 Å². The number of benzene rings is 1. The van der Waals surface area contributed by atoms with Gasteiger partial charge in [0.25, 0.3) is 5.91 Å². The topological polar surface area (TPSA) is 74.5 Å². The van der Waals surface area contributed by atoms with E-state index in [1.807, 2.05) is 4.90 Å². The van der Waals surface area contributed by atoms with E-state index < -0.39 is 11.9 Å². The van der Waals surface area contributed by atoms with Gasteiger partial charge in [0.15, 0.2) is 5.69 Å². The normalized spacial score (nSPS) is 19.9. The number of aliphatic hydroxyl groups excluding tert-OH is 1. The van der Waals surface area contributed by atoms with Gasteiger partial charge in [0.2, 0.25) is 0 Å². The summed E-state index contributed by atoms with van der Waals surface area (Å²) in [5.41, 5.74) is 0.462. The Hall–Kier alpha value is -2.32. The number of rotatable bonds is 5. The fourth-order valence-corrected chi connectivity index (χ4v) is 4.23. The van der Waals surface area contributed by atoms with Crippen LogP contribution in [0, 0.1) is 5.82 Å². The van der Waals surface area contributed by atoms with Gasteiger partial charge in [-0.15, -0.1) is 5.10 Å². The Morgan fingerprint density at radius 3 is 2.61 bits per heavy atom. The van der Waals surface area contributed by atoms with Crippen LogP contribution in [-0.4, -0.2) is 68.0 Å². The number of carbonyl (C=O) groups excluding carboxylic acids is 1. The van der Waals surface area contributed by atoms with E-state index in [1.54, 1.807) is 12.1 Å². The minimum atomic E-state index is -1.05. The average molecular weight is 387 g/mol. The van der Waals surface area contributed by atoms with Gasteiger partial charge in [-0.2, -0.15) is 0 Å². The summed E-state index contributed by atoms with van der Waals surface area (Å²) in [6, 6.07) is 6.76. The van der Waals surface area contributed by atoms with Crippen LogP contribution in [0.3, 0.4) is 0 Å². The zero-order valence-corrected chi connectivity index (χ0v) is 15.9. The van der Waals surface area contributed by atoms with E-state index in [0.29, 0.717) is 19.1 Å². The number of aromatic nitrogens is 3. The lowest BCUT2D eigenvalue weighted by molar-refractivity contribution is 0.0567. The van der Waals surface area contributed by atoms with Gasteiger partial charge in [-0.25, -0.2) is 9.07 Å². The standard InChI is InChI=1S/C20H26FN5O2/c21-17-8-4-3-7-16(17)19(27)14-26-13-18(22-23-26)20(28)25-11-9-24(10-12-25)15-5-1-2-6-15/h3-4,7-8,13,15,19,27H,1-2,5-6,9-12,14H2/t19-/m0/s1. The van der Waals surface area contributed by atoms with Crippen molar-refractivity contribution in [2.24, 2.45) is 0 Å². The second-order valence-electron chi connectivity index (χ2n) is 7.63. The number of piperazine rings is 1. The molecule has 28 heavy (non-hydrogen) atoms. The molecule has 1 saturated carbocycles. The Morgan fingerprint density at radius 1 is 1.18 bits per heavy atom. The highest BCUT2D eigenvalue weighted by molar-refractivity contribution is 5.92. The van der Waals surface area contributed by atoms with Crippen LogP contribution in [0.4, 0.5) is 4.39 Å². The molecule has 4 rings (SSSR count). The first-order chi connectivity index (χ1) is 13.6. The summed E-state index contributed by atoms with van der Waals surface area (Å²) >= 11 is 0. The van der Waals surface area contributed by atoms with Crippen molar-refractivity contribution >= 4 is 5.91 Å². The van der Waals surface area contributed by atoms with Gasteiger partial charge < -0.3 is 10.0 Å². The van der Waals surface area contributed by atoms with Crippen molar-refractivity contribution in [3.63, 3.8) is 0 Å². The smallest absolute Gasteiger partial charge is 0.276 e. The van der Waals surface area contributed by atoms with Crippen LogP contribution >= 0.6 is 0 Å². The highest BCUT2D eigenvalue weighted by Crippen LogP contribution is 2.24. The molecule has 0 unspecified atom stereocenters. The minimum Gasteiger partial charge on any atom is -0.386 e. The van der Waals surface area contributed by atoms with Gasteiger partial charge in [0, 0.05) is 37.8 Å². The summed E-state index contributed by atoms with van der Waals surface area (Å²) < 4.78 is 15.2. The summed E-state index contributed by atoms with van der Waals surface area (Å²) in [6.07, 6.45) is 5.63. The predicted molar refractivity (Wildman–Crippen MR) is 101 cm³/mol. The molecule has 150 valence electrons. The van der Waals surface area contributed by atoms with Gasteiger partial charge in [0.05, 0.1) is 12.7 Å². The maximum absolute atomic E-state index is 13.8. The Kier molecular flexibility index (Phi) is 5.68. The summed E-state index contributed by atoms with van der Waals surface area (Å²) in [7, 11) is 0. The number of amides is 1. The van der Waals surface area contributed by atoms with E-state index in [4.69, 9.17) is 0 Å². The summed E-state index contributed by atoms with van der Waals surface area (Å²) in [5, 5.41) is 18.1. The second-order valence-corrected chi connectivity index (χ2v) is 7.63. The van der Waals surface area contributed by atoms with Crippen LogP contribution in [0.15, 0.2) is 30.5 Å². The molecule has 8 heteroatoms. The Balaban J connectivity index is 1.34. The number of carbonyl (C=O) groups is 1. The maximum Gasteiger partial charge on any atom is 0.276 e. The lowest BCUT2D eigenvalue weighted by atomic mass is 10.1. The third kappa shape index (κ3) is 4.07. The molecule has 1 amide bonds. The van der Waals surface area contributed by atoms with Gasteiger partial charge in [-0.3, -0.25) is 9.69 Å². The minimum absolute atomic E-state index is 0.0384. The van der Waals surface area contributed by atoms with Gasteiger partial charge in [-0.05, 0) is 18.9 Å². The van der Waals surface area contributed by atoms with Crippen molar-refractivity contribution < 1.29 is 14.3 Å². The molecule has 7 nitrogen and oxygen atoms in total. The van der Waals surface area contributed by atoms with E-state index in [-0.39, 0.29) is 23.7 Å². The van der Waals surface area contributed by atoms with Crippen LogP contribution in [-0.2, 0) is 6.54 Å². The second kappa shape index (κ2) is 8.36. The van der Waals surface area contributed by atoms with E-state index in [2.05, 4.69) is 15.2 Å². The van der Waals surface area contributed by atoms with Gasteiger partial charge >= 0.3 is 0 Å². The fourth-order valence-electron chi connectivity index (χ4n) is 4.23. The first kappa shape index (κ1) is 19.0. The molecule has 2 heterocycles. The third-order valence-corrected chi connectivity index (χ3v) is 5.82. The van der Waals surface area contributed by atoms with E-state index in [0.717, 1.165) is 13.1 Å². The number of aliphatic hydroxyl groups is 1. The van der Waals surface area contributed by atoms with Crippen LogP contribution in [0.1, 0.15) is 47.8 Å². The summed E-state index contributed by atoms with van der Waals surface area (Å²) in [6.45, 7) is 3.23. The van der Waals surface area contributed by atoms with Gasteiger partial charge in [0.1, 0.15) is 11.9 Å². The monoisotopic (exact) mass is 387 g/mol.